The number of nitrogens with zero attached hydrogens (tertiary/aromatic N) is 3. The van der Waals surface area contributed by atoms with Crippen LogP contribution in [0.3, 0.4) is 0 Å². The summed E-state index contributed by atoms with van der Waals surface area (Å²) in [4.78, 5) is 16.6. The van der Waals surface area contributed by atoms with Crippen LogP contribution in [0.4, 0.5) is 5.69 Å². The molecular weight excluding hydrogens is 322 g/mol. The standard InChI is InChI=1S/C15H16ClN3O2S/c1-3-18-13(20)12(14(21)19(4-2)15(18)22)9-17-11-7-5-10(16)6-8-11/h5-9,20H,3-4H2,1-2H3. The van der Waals surface area contributed by atoms with Crippen molar-refractivity contribution in [3.63, 3.8) is 0 Å². The number of aromatic nitrogens is 2. The maximum atomic E-state index is 12.4. The van der Waals surface area contributed by atoms with Crippen LogP contribution >= 0.6 is 23.8 Å². The summed E-state index contributed by atoms with van der Waals surface area (Å²) in [7, 11) is 0. The zero-order chi connectivity index (χ0) is 16.3. The molecule has 1 aromatic heterocycles. The molecule has 0 aliphatic rings. The highest BCUT2D eigenvalue weighted by molar-refractivity contribution is 7.71. The van der Waals surface area contributed by atoms with Gasteiger partial charge in [0.15, 0.2) is 4.77 Å². The zero-order valence-electron chi connectivity index (χ0n) is 12.3. The predicted molar refractivity (Wildman–Crippen MR) is 91.2 cm³/mol. The van der Waals surface area contributed by atoms with E-state index in [9.17, 15) is 9.90 Å². The van der Waals surface area contributed by atoms with Crippen molar-refractivity contribution < 1.29 is 5.11 Å². The zero-order valence-corrected chi connectivity index (χ0v) is 13.9. The molecule has 22 heavy (non-hydrogen) atoms. The quantitative estimate of drug-likeness (QED) is 0.686. The minimum Gasteiger partial charge on any atom is -0.494 e. The summed E-state index contributed by atoms with van der Waals surface area (Å²) in [6, 6.07) is 6.86. The summed E-state index contributed by atoms with van der Waals surface area (Å²) < 4.78 is 3.24. The highest BCUT2D eigenvalue weighted by Gasteiger charge is 2.13. The molecule has 0 amide bonds. The van der Waals surface area contributed by atoms with E-state index in [2.05, 4.69) is 4.99 Å². The molecule has 2 rings (SSSR count). The van der Waals surface area contributed by atoms with Gasteiger partial charge in [-0.2, -0.15) is 0 Å². The third kappa shape index (κ3) is 3.13. The fourth-order valence-electron chi connectivity index (χ4n) is 2.05. The van der Waals surface area contributed by atoms with E-state index in [4.69, 9.17) is 23.8 Å². The molecule has 0 radical (unpaired) electrons. The Morgan fingerprint density at radius 2 is 1.82 bits per heavy atom. The van der Waals surface area contributed by atoms with E-state index >= 15 is 0 Å². The third-order valence-corrected chi connectivity index (χ3v) is 3.93. The first-order chi connectivity index (χ1) is 10.5. The van der Waals surface area contributed by atoms with Crippen molar-refractivity contribution in [1.29, 1.82) is 0 Å². The normalized spacial score (nSPS) is 11.2. The van der Waals surface area contributed by atoms with Crippen LogP contribution in [0.1, 0.15) is 19.4 Å². The molecule has 0 saturated carbocycles. The molecule has 7 heteroatoms. The van der Waals surface area contributed by atoms with Gasteiger partial charge < -0.3 is 5.11 Å². The van der Waals surface area contributed by atoms with Crippen molar-refractivity contribution in [3.05, 3.63) is 50.0 Å². The van der Waals surface area contributed by atoms with Crippen molar-refractivity contribution in [2.75, 3.05) is 0 Å². The fourth-order valence-corrected chi connectivity index (χ4v) is 2.61. The number of halogens is 1. The molecule has 1 aromatic carbocycles. The van der Waals surface area contributed by atoms with E-state index in [1.54, 1.807) is 24.3 Å². The maximum Gasteiger partial charge on any atom is 0.267 e. The molecule has 2 aromatic rings. The van der Waals surface area contributed by atoms with Crippen LogP contribution in [0.2, 0.25) is 5.02 Å². The van der Waals surface area contributed by atoms with E-state index in [0.717, 1.165) is 0 Å². The van der Waals surface area contributed by atoms with Gasteiger partial charge in [0.05, 0.1) is 5.69 Å². The summed E-state index contributed by atoms with van der Waals surface area (Å²) in [5.74, 6) is -0.167. The summed E-state index contributed by atoms with van der Waals surface area (Å²) in [5.41, 5.74) is 0.399. The maximum absolute atomic E-state index is 12.4. The van der Waals surface area contributed by atoms with Crippen LogP contribution in [-0.4, -0.2) is 20.5 Å². The molecule has 0 saturated heterocycles. The van der Waals surface area contributed by atoms with Crippen molar-refractivity contribution in [1.82, 2.24) is 9.13 Å². The monoisotopic (exact) mass is 337 g/mol. The summed E-state index contributed by atoms with van der Waals surface area (Å²) in [6.45, 7) is 4.57. The van der Waals surface area contributed by atoms with Gasteiger partial charge in [-0.3, -0.25) is 18.9 Å². The molecule has 0 atom stereocenters. The fraction of sp³-hybridized carbons (Fsp3) is 0.267. The highest BCUT2D eigenvalue weighted by Crippen LogP contribution is 2.18. The average Bonchev–Trinajstić information content (AvgIpc) is 2.50. The lowest BCUT2D eigenvalue weighted by atomic mass is 10.3. The summed E-state index contributed by atoms with van der Waals surface area (Å²) in [6.07, 6.45) is 1.36. The van der Waals surface area contributed by atoms with Crippen LogP contribution in [-0.2, 0) is 13.1 Å². The molecule has 0 bridgehead atoms. The molecule has 1 heterocycles. The van der Waals surface area contributed by atoms with E-state index in [-0.39, 0.29) is 17.0 Å². The number of rotatable bonds is 4. The largest absolute Gasteiger partial charge is 0.494 e. The second-order valence-electron chi connectivity index (χ2n) is 4.55. The molecule has 0 unspecified atom stereocenters. The van der Waals surface area contributed by atoms with Crippen molar-refractivity contribution in [2.24, 2.45) is 4.99 Å². The summed E-state index contributed by atoms with van der Waals surface area (Å²) in [5, 5.41) is 10.9. The van der Waals surface area contributed by atoms with Gasteiger partial charge in [-0.1, -0.05) is 11.6 Å². The van der Waals surface area contributed by atoms with Crippen molar-refractivity contribution in [3.8, 4) is 5.88 Å². The van der Waals surface area contributed by atoms with E-state index < -0.39 is 0 Å². The Labute approximate surface area is 138 Å². The topological polar surface area (TPSA) is 59.5 Å². The number of hydrogen-bond acceptors (Lipinski definition) is 4. The van der Waals surface area contributed by atoms with E-state index in [1.165, 1.54) is 15.3 Å². The number of aromatic hydroxyl groups is 1. The molecule has 5 nitrogen and oxygen atoms in total. The molecule has 116 valence electrons. The van der Waals surface area contributed by atoms with Gasteiger partial charge in [0.1, 0.15) is 5.56 Å². The van der Waals surface area contributed by atoms with Crippen LogP contribution < -0.4 is 5.56 Å². The van der Waals surface area contributed by atoms with Gasteiger partial charge in [-0.05, 0) is 50.3 Å². The molecular formula is C15H16ClN3O2S. The first kappa shape index (κ1) is 16.5. The van der Waals surface area contributed by atoms with Crippen LogP contribution in [0.25, 0.3) is 0 Å². The van der Waals surface area contributed by atoms with Crippen LogP contribution in [0.15, 0.2) is 34.1 Å². The smallest absolute Gasteiger partial charge is 0.267 e. The van der Waals surface area contributed by atoms with Crippen molar-refractivity contribution >= 4 is 35.7 Å². The molecule has 0 aliphatic heterocycles. The Bertz CT molecular complexity index is 822. The Morgan fingerprint density at radius 3 is 2.36 bits per heavy atom. The van der Waals surface area contributed by atoms with Gasteiger partial charge in [0.25, 0.3) is 5.56 Å². The van der Waals surface area contributed by atoms with E-state index in [1.807, 2.05) is 13.8 Å². The van der Waals surface area contributed by atoms with Crippen molar-refractivity contribution in [2.45, 2.75) is 26.9 Å². The second-order valence-corrected chi connectivity index (χ2v) is 5.35. The number of hydrogen-bond donors (Lipinski definition) is 1. The van der Waals surface area contributed by atoms with Crippen LogP contribution in [0, 0.1) is 4.77 Å². The lowest BCUT2D eigenvalue weighted by Gasteiger charge is -2.13. The number of benzene rings is 1. The molecule has 1 N–H and O–H groups in total. The minimum absolute atomic E-state index is 0.118. The van der Waals surface area contributed by atoms with Crippen LogP contribution in [0.5, 0.6) is 5.88 Å². The first-order valence-electron chi connectivity index (χ1n) is 6.85. The highest BCUT2D eigenvalue weighted by atomic mass is 35.5. The molecule has 0 aliphatic carbocycles. The molecule has 0 spiro atoms. The lowest BCUT2D eigenvalue weighted by molar-refractivity contribution is 0.399. The van der Waals surface area contributed by atoms with Gasteiger partial charge in [-0.25, -0.2) is 0 Å². The van der Waals surface area contributed by atoms with E-state index in [0.29, 0.717) is 28.6 Å². The molecule has 0 fully saturated rings. The summed E-state index contributed by atoms with van der Waals surface area (Å²) >= 11 is 11.0. The Hall–Kier alpha value is -1.92. The van der Waals surface area contributed by atoms with Gasteiger partial charge in [0, 0.05) is 24.3 Å². The Morgan fingerprint density at radius 1 is 1.23 bits per heavy atom. The SMILES string of the molecule is CCn1c(O)c(C=Nc2ccc(Cl)cc2)c(=O)n(CC)c1=S. The van der Waals surface area contributed by atoms with Gasteiger partial charge in [0.2, 0.25) is 5.88 Å². The Balaban J connectivity index is 2.58. The lowest BCUT2D eigenvalue weighted by Crippen LogP contribution is -2.27. The van der Waals surface area contributed by atoms with Gasteiger partial charge in [-0.15, -0.1) is 0 Å². The van der Waals surface area contributed by atoms with Gasteiger partial charge >= 0.3 is 0 Å². The predicted octanol–water partition coefficient (Wildman–Crippen LogP) is 3.53. The first-order valence-corrected chi connectivity index (χ1v) is 7.64. The number of aliphatic imine (C=N–C) groups is 1. The Kier molecular flexibility index (Phi) is 5.15. The second kappa shape index (κ2) is 6.89. The average molecular weight is 338 g/mol. The minimum atomic E-state index is -0.354. The third-order valence-electron chi connectivity index (χ3n) is 3.24.